The minimum Gasteiger partial charge on any atom is -0.478 e. The van der Waals surface area contributed by atoms with Gasteiger partial charge in [0.25, 0.3) is 11.8 Å². The second-order valence-electron chi connectivity index (χ2n) is 15.9. The molecule has 3 unspecified atom stereocenters. The van der Waals surface area contributed by atoms with Gasteiger partial charge >= 0.3 is 11.9 Å². The summed E-state index contributed by atoms with van der Waals surface area (Å²) in [7, 11) is 0. The van der Waals surface area contributed by atoms with Crippen LogP contribution in [0.2, 0.25) is 0 Å². The molecule has 0 heterocycles. The normalized spacial score (nSPS) is 16.9. The lowest BCUT2D eigenvalue weighted by molar-refractivity contribution is -0.151. The van der Waals surface area contributed by atoms with E-state index >= 15 is 0 Å². The number of aliphatic carboxylic acids is 1. The molecule has 15 nitrogen and oxygen atoms in total. The molecule has 3 atom stereocenters. The van der Waals surface area contributed by atoms with Crippen LogP contribution in [0.25, 0.3) is 0 Å². The summed E-state index contributed by atoms with van der Waals surface area (Å²) in [6.45, 7) is 15.6. The van der Waals surface area contributed by atoms with Crippen LogP contribution in [0, 0.1) is 11.3 Å². The third-order valence-electron chi connectivity index (χ3n) is 9.59. The number of carboxylic acids is 1. The molecule has 2 rings (SSSR count). The fraction of sp³-hybridized carbons (Fsp3) is 0.543. The summed E-state index contributed by atoms with van der Waals surface area (Å²) in [6, 6.07) is 7.51. The summed E-state index contributed by atoms with van der Waals surface area (Å²) in [5, 5.41) is 29.0. The Morgan fingerprint density at radius 1 is 0.934 bits per heavy atom. The molecule has 1 aliphatic rings. The molecule has 1 aromatic carbocycles. The maximum absolute atomic E-state index is 12.8. The minimum absolute atomic E-state index is 0.0173. The summed E-state index contributed by atoms with van der Waals surface area (Å²) in [4.78, 5) is 54.0. The van der Waals surface area contributed by atoms with Crippen LogP contribution in [0.3, 0.4) is 0 Å². The van der Waals surface area contributed by atoms with Gasteiger partial charge in [-0.1, -0.05) is 99.1 Å². The number of carbonyl (C=O) groups is 4. The number of ether oxygens (including phenoxy) is 4. The Balaban J connectivity index is 1.59. The number of aliphatic hydroxyl groups excluding tert-OH is 1. The molecule has 2 amide bonds. The quantitative estimate of drug-likeness (QED) is 0.0254. The zero-order valence-corrected chi connectivity index (χ0v) is 36.9. The molecule has 1 aliphatic carbocycles. The van der Waals surface area contributed by atoms with Gasteiger partial charge in [0, 0.05) is 18.7 Å². The highest BCUT2D eigenvalue weighted by Gasteiger charge is 2.31. The van der Waals surface area contributed by atoms with E-state index in [1.165, 1.54) is 0 Å². The maximum Gasteiger partial charge on any atom is 0.328 e. The van der Waals surface area contributed by atoms with E-state index in [9.17, 15) is 24.3 Å². The first-order valence-electron chi connectivity index (χ1n) is 20.8. The van der Waals surface area contributed by atoms with E-state index in [2.05, 4.69) is 35.7 Å². The lowest BCUT2D eigenvalue weighted by atomic mass is 9.72. The Labute approximate surface area is 361 Å². The average Bonchev–Trinajstić information content (AvgIpc) is 3.19. The first-order chi connectivity index (χ1) is 29.0. The van der Waals surface area contributed by atoms with Gasteiger partial charge in [0.2, 0.25) is 0 Å². The number of nitrogens with zero attached hydrogens (tertiary/aromatic N) is 1. The van der Waals surface area contributed by atoms with E-state index in [4.69, 9.17) is 34.6 Å². The number of allylic oxidation sites excluding steroid dienone is 9. The summed E-state index contributed by atoms with van der Waals surface area (Å²) < 4.78 is 21.8. The molecule has 0 radical (unpaired) electrons. The van der Waals surface area contributed by atoms with Crippen molar-refractivity contribution in [2.24, 2.45) is 22.2 Å². The smallest absolute Gasteiger partial charge is 0.328 e. The van der Waals surface area contributed by atoms with Crippen LogP contribution in [0.5, 0.6) is 0 Å². The first kappa shape index (κ1) is 52.2. The van der Waals surface area contributed by atoms with Crippen molar-refractivity contribution in [2.75, 3.05) is 59.4 Å². The Kier molecular flexibility index (Phi) is 24.5. The fourth-order valence-electron chi connectivity index (χ4n) is 6.21. The van der Waals surface area contributed by atoms with Crippen molar-refractivity contribution >= 4 is 29.5 Å². The Hall–Kier alpha value is -4.93. The number of carboxylic acid groups (broad SMARTS) is 1. The number of esters is 1. The van der Waals surface area contributed by atoms with Crippen molar-refractivity contribution < 1.29 is 53.2 Å². The third kappa shape index (κ3) is 21.9. The molecule has 1 aromatic rings. The topological polar surface area (TPSA) is 217 Å². The lowest BCUT2D eigenvalue weighted by Crippen LogP contribution is -2.52. The van der Waals surface area contributed by atoms with Crippen LogP contribution in [0.1, 0.15) is 73.3 Å². The second-order valence-corrected chi connectivity index (χ2v) is 15.9. The SMILES string of the molecule is CC(C=CC1=C(C)C(=NOCC(=O)NCCOCCOCCOCCOC(=O)C(CC(C)C)NC(=O)C(O)C(N)Cc2ccccc2)CCC1(C)C)=CC=CC(C)=CC(=O)O. The molecule has 15 heteroatoms. The van der Waals surface area contributed by atoms with Gasteiger partial charge in [-0.25, -0.2) is 9.59 Å². The highest BCUT2D eigenvalue weighted by molar-refractivity contribution is 6.01. The standard InChI is InChI=1S/C46H68N4O11/c1-32(2)28-40(49-44(55)43(54)38(47)30-36-14-9-8-10-15-36)45(56)60-27-26-59-25-24-58-23-22-57-21-20-48-41(51)31-61-50-39-18-19-46(6,7)37(35(39)5)17-16-33(3)12-11-13-34(4)29-42(52)53/h8-17,29,32,38,40,43,54H,18-28,30-31,47H2,1-7H3,(H,48,51)(H,49,55)(H,52,53). The molecule has 6 N–H and O–H groups in total. The van der Waals surface area contributed by atoms with Crippen molar-refractivity contribution in [1.82, 2.24) is 10.6 Å². The van der Waals surface area contributed by atoms with Gasteiger partial charge in [0.05, 0.1) is 45.4 Å². The van der Waals surface area contributed by atoms with E-state index in [0.29, 0.717) is 44.8 Å². The maximum atomic E-state index is 12.8. The minimum atomic E-state index is -1.49. The van der Waals surface area contributed by atoms with Crippen LogP contribution in [0.15, 0.2) is 94.2 Å². The van der Waals surface area contributed by atoms with Crippen LogP contribution in [-0.4, -0.2) is 117 Å². The monoisotopic (exact) mass is 852 g/mol. The molecule has 0 saturated carbocycles. The number of nitrogens with one attached hydrogen (secondary N) is 2. The first-order valence-corrected chi connectivity index (χ1v) is 20.8. The van der Waals surface area contributed by atoms with E-state index in [0.717, 1.165) is 46.9 Å². The molecule has 0 aromatic heterocycles. The molecule has 0 fully saturated rings. The van der Waals surface area contributed by atoms with E-state index in [1.807, 2.05) is 76.3 Å². The lowest BCUT2D eigenvalue weighted by Gasteiger charge is -2.33. The van der Waals surface area contributed by atoms with Gasteiger partial charge in [-0.3, -0.25) is 9.59 Å². The van der Waals surface area contributed by atoms with E-state index in [1.54, 1.807) is 13.0 Å². The van der Waals surface area contributed by atoms with Gasteiger partial charge < -0.3 is 50.4 Å². The predicted molar refractivity (Wildman–Crippen MR) is 234 cm³/mol. The van der Waals surface area contributed by atoms with Crippen LogP contribution in [0.4, 0.5) is 0 Å². The second kappa shape index (κ2) is 28.6. The zero-order valence-electron chi connectivity index (χ0n) is 36.9. The molecule has 338 valence electrons. The number of hydrogen-bond acceptors (Lipinski definition) is 12. The number of oxime groups is 1. The molecular weight excluding hydrogens is 785 g/mol. The van der Waals surface area contributed by atoms with Gasteiger partial charge in [-0.15, -0.1) is 0 Å². The van der Waals surface area contributed by atoms with Crippen molar-refractivity contribution in [3.63, 3.8) is 0 Å². The molecule has 0 spiro atoms. The van der Waals surface area contributed by atoms with E-state index in [-0.39, 0.29) is 50.3 Å². The van der Waals surface area contributed by atoms with Gasteiger partial charge in [-0.05, 0) is 80.1 Å². The van der Waals surface area contributed by atoms with Crippen molar-refractivity contribution in [3.8, 4) is 0 Å². The van der Waals surface area contributed by atoms with Crippen LogP contribution in [-0.2, 0) is 49.4 Å². The highest BCUT2D eigenvalue weighted by atomic mass is 16.6. The number of amides is 2. The van der Waals surface area contributed by atoms with Crippen molar-refractivity contribution in [2.45, 2.75) is 92.3 Å². The largest absolute Gasteiger partial charge is 0.478 e. The number of aliphatic hydroxyl groups is 1. The number of benzene rings is 1. The number of nitrogens with two attached hydrogens (primary N) is 1. The summed E-state index contributed by atoms with van der Waals surface area (Å²) in [5.41, 5.74) is 11.5. The molecular formula is C46H68N4O11. The summed E-state index contributed by atoms with van der Waals surface area (Å²) in [6.07, 6.45) is 11.5. The van der Waals surface area contributed by atoms with E-state index < -0.39 is 36.0 Å². The Morgan fingerprint density at radius 2 is 1.57 bits per heavy atom. The Morgan fingerprint density at radius 3 is 2.21 bits per heavy atom. The molecule has 0 saturated heterocycles. The van der Waals surface area contributed by atoms with Crippen molar-refractivity contribution in [3.05, 3.63) is 94.6 Å². The van der Waals surface area contributed by atoms with Crippen molar-refractivity contribution in [1.29, 1.82) is 0 Å². The number of hydrogen-bond donors (Lipinski definition) is 5. The van der Waals surface area contributed by atoms with Gasteiger partial charge in [-0.2, -0.15) is 0 Å². The highest BCUT2D eigenvalue weighted by Crippen LogP contribution is 2.40. The Bertz CT molecular complexity index is 1730. The summed E-state index contributed by atoms with van der Waals surface area (Å²) >= 11 is 0. The summed E-state index contributed by atoms with van der Waals surface area (Å²) in [5.74, 6) is -2.56. The van der Waals surface area contributed by atoms with Gasteiger partial charge in [0.1, 0.15) is 18.8 Å². The molecule has 61 heavy (non-hydrogen) atoms. The number of carbonyl (C=O) groups excluding carboxylic acids is 3. The van der Waals surface area contributed by atoms with Crippen LogP contribution < -0.4 is 16.4 Å². The predicted octanol–water partition coefficient (Wildman–Crippen LogP) is 4.76. The molecule has 0 aliphatic heterocycles. The molecule has 0 bridgehead atoms. The van der Waals surface area contributed by atoms with Crippen LogP contribution >= 0.6 is 0 Å². The third-order valence-corrected chi connectivity index (χ3v) is 9.59. The number of rotatable bonds is 28. The van der Waals surface area contributed by atoms with Gasteiger partial charge in [0.15, 0.2) is 6.61 Å². The zero-order chi connectivity index (χ0) is 45.2. The fourth-order valence-corrected chi connectivity index (χ4v) is 6.21. The average molecular weight is 853 g/mol.